The SMILES string of the molecule is CN1C(=O)C(N(C(=O)O)C(C)(C)C)Cc2ncccc21. The van der Waals surface area contributed by atoms with Gasteiger partial charge in [0.2, 0.25) is 5.91 Å². The minimum Gasteiger partial charge on any atom is -0.465 e. The fourth-order valence-corrected chi connectivity index (χ4v) is 2.59. The van der Waals surface area contributed by atoms with Crippen molar-refractivity contribution in [2.75, 3.05) is 11.9 Å². The molecular weight excluding hydrogens is 258 g/mol. The molecular formula is C14H19N3O3. The van der Waals surface area contributed by atoms with Crippen LogP contribution in [-0.2, 0) is 11.2 Å². The van der Waals surface area contributed by atoms with Crippen LogP contribution >= 0.6 is 0 Å². The number of hydrogen-bond acceptors (Lipinski definition) is 3. The van der Waals surface area contributed by atoms with Gasteiger partial charge in [0.05, 0.1) is 11.4 Å². The molecule has 0 aromatic carbocycles. The van der Waals surface area contributed by atoms with E-state index < -0.39 is 17.7 Å². The number of carbonyl (C=O) groups is 2. The molecule has 0 saturated carbocycles. The lowest BCUT2D eigenvalue weighted by Gasteiger charge is -2.42. The van der Waals surface area contributed by atoms with Gasteiger partial charge in [-0.05, 0) is 32.9 Å². The van der Waals surface area contributed by atoms with Crippen molar-refractivity contribution in [3.05, 3.63) is 24.0 Å². The highest BCUT2D eigenvalue weighted by Gasteiger charge is 2.42. The predicted octanol–water partition coefficient (Wildman–Crippen LogP) is 1.75. The van der Waals surface area contributed by atoms with E-state index in [1.807, 2.05) is 6.07 Å². The lowest BCUT2D eigenvalue weighted by molar-refractivity contribution is -0.125. The number of carbonyl (C=O) groups excluding carboxylic acids is 1. The van der Waals surface area contributed by atoms with E-state index >= 15 is 0 Å². The zero-order valence-corrected chi connectivity index (χ0v) is 12.1. The topological polar surface area (TPSA) is 73.7 Å². The standard InChI is InChI=1S/C14H19N3O3/c1-14(2,3)17(13(19)20)11-8-9-10(6-5-7-15-9)16(4)12(11)18/h5-7,11H,8H2,1-4H3,(H,19,20). The Kier molecular flexibility index (Phi) is 3.41. The Morgan fingerprint density at radius 1 is 1.50 bits per heavy atom. The molecule has 1 atom stereocenters. The number of anilines is 1. The van der Waals surface area contributed by atoms with Gasteiger partial charge in [0.1, 0.15) is 6.04 Å². The Labute approximate surface area is 118 Å². The Morgan fingerprint density at radius 3 is 2.70 bits per heavy atom. The first-order chi connectivity index (χ1) is 9.23. The molecule has 0 fully saturated rings. The Bertz CT molecular complexity index is 551. The number of rotatable bonds is 1. The van der Waals surface area contributed by atoms with Crippen molar-refractivity contribution in [1.82, 2.24) is 9.88 Å². The highest BCUT2D eigenvalue weighted by Crippen LogP contribution is 2.30. The van der Waals surface area contributed by atoms with Crippen molar-refractivity contribution in [3.63, 3.8) is 0 Å². The average Bonchev–Trinajstić information content (AvgIpc) is 2.33. The molecule has 108 valence electrons. The first-order valence-electron chi connectivity index (χ1n) is 6.47. The summed E-state index contributed by atoms with van der Waals surface area (Å²) in [7, 11) is 1.65. The van der Waals surface area contributed by atoms with Crippen molar-refractivity contribution in [1.29, 1.82) is 0 Å². The minimum atomic E-state index is -1.09. The van der Waals surface area contributed by atoms with Crippen LogP contribution in [0.15, 0.2) is 18.3 Å². The summed E-state index contributed by atoms with van der Waals surface area (Å²) in [5.74, 6) is -0.220. The quantitative estimate of drug-likeness (QED) is 0.848. The molecule has 2 amide bonds. The van der Waals surface area contributed by atoms with Gasteiger partial charge in [-0.1, -0.05) is 0 Å². The number of likely N-dealkylation sites (N-methyl/N-ethyl adjacent to an activating group) is 1. The summed E-state index contributed by atoms with van der Waals surface area (Å²) in [5.41, 5.74) is 0.835. The van der Waals surface area contributed by atoms with E-state index in [0.29, 0.717) is 6.42 Å². The van der Waals surface area contributed by atoms with Gasteiger partial charge in [-0.15, -0.1) is 0 Å². The number of amides is 2. The molecule has 6 nitrogen and oxygen atoms in total. The highest BCUT2D eigenvalue weighted by molar-refractivity contribution is 6.00. The van der Waals surface area contributed by atoms with E-state index in [1.54, 1.807) is 40.1 Å². The second-order valence-electron chi connectivity index (χ2n) is 5.91. The van der Waals surface area contributed by atoms with Crippen molar-refractivity contribution >= 4 is 17.7 Å². The lowest BCUT2D eigenvalue weighted by Crippen LogP contribution is -2.59. The van der Waals surface area contributed by atoms with Gasteiger partial charge in [0.15, 0.2) is 0 Å². The van der Waals surface area contributed by atoms with Gasteiger partial charge in [0.25, 0.3) is 0 Å². The monoisotopic (exact) mass is 277 g/mol. The fraction of sp³-hybridized carbons (Fsp3) is 0.500. The maximum Gasteiger partial charge on any atom is 0.408 e. The fourth-order valence-electron chi connectivity index (χ4n) is 2.59. The van der Waals surface area contributed by atoms with Crippen LogP contribution in [0.4, 0.5) is 10.5 Å². The van der Waals surface area contributed by atoms with E-state index in [-0.39, 0.29) is 5.91 Å². The zero-order valence-electron chi connectivity index (χ0n) is 12.1. The normalized spacial score (nSPS) is 18.7. The molecule has 1 aromatic rings. The van der Waals surface area contributed by atoms with Crippen molar-refractivity contribution in [2.24, 2.45) is 0 Å². The summed E-state index contributed by atoms with van der Waals surface area (Å²) in [6.45, 7) is 5.34. The number of aromatic nitrogens is 1. The van der Waals surface area contributed by atoms with Crippen LogP contribution < -0.4 is 4.90 Å². The van der Waals surface area contributed by atoms with E-state index in [9.17, 15) is 14.7 Å². The Hall–Kier alpha value is -2.11. The zero-order chi connectivity index (χ0) is 15.1. The van der Waals surface area contributed by atoms with Crippen molar-refractivity contribution in [3.8, 4) is 0 Å². The number of nitrogens with zero attached hydrogens (tertiary/aromatic N) is 3. The molecule has 0 radical (unpaired) electrons. The largest absolute Gasteiger partial charge is 0.465 e. The van der Waals surface area contributed by atoms with Gasteiger partial charge >= 0.3 is 6.09 Å². The maximum absolute atomic E-state index is 12.5. The third-order valence-electron chi connectivity index (χ3n) is 3.47. The van der Waals surface area contributed by atoms with Gasteiger partial charge in [-0.25, -0.2) is 4.79 Å². The molecule has 6 heteroatoms. The van der Waals surface area contributed by atoms with E-state index in [0.717, 1.165) is 11.4 Å². The number of fused-ring (bicyclic) bond motifs is 1. The Morgan fingerprint density at radius 2 is 2.15 bits per heavy atom. The Balaban J connectivity index is 2.44. The van der Waals surface area contributed by atoms with Crippen LogP contribution in [0.3, 0.4) is 0 Å². The van der Waals surface area contributed by atoms with Crippen LogP contribution in [0.2, 0.25) is 0 Å². The smallest absolute Gasteiger partial charge is 0.408 e. The van der Waals surface area contributed by atoms with Crippen LogP contribution in [0.5, 0.6) is 0 Å². The van der Waals surface area contributed by atoms with E-state index in [2.05, 4.69) is 4.98 Å². The molecule has 0 bridgehead atoms. The summed E-state index contributed by atoms with van der Waals surface area (Å²) < 4.78 is 0. The third kappa shape index (κ3) is 2.33. The van der Waals surface area contributed by atoms with Crippen molar-refractivity contribution in [2.45, 2.75) is 38.8 Å². The molecule has 2 rings (SSSR count). The van der Waals surface area contributed by atoms with Crippen molar-refractivity contribution < 1.29 is 14.7 Å². The van der Waals surface area contributed by atoms with Gasteiger partial charge < -0.3 is 10.0 Å². The molecule has 0 aliphatic carbocycles. The van der Waals surface area contributed by atoms with Crippen LogP contribution in [0.25, 0.3) is 0 Å². The van der Waals surface area contributed by atoms with Gasteiger partial charge in [-0.3, -0.25) is 14.7 Å². The average molecular weight is 277 g/mol. The molecule has 2 heterocycles. The number of carboxylic acid groups (broad SMARTS) is 1. The molecule has 1 aliphatic heterocycles. The van der Waals surface area contributed by atoms with Gasteiger partial charge in [0, 0.05) is 25.2 Å². The third-order valence-corrected chi connectivity index (χ3v) is 3.47. The second kappa shape index (κ2) is 4.77. The van der Waals surface area contributed by atoms with E-state index in [4.69, 9.17) is 0 Å². The first-order valence-corrected chi connectivity index (χ1v) is 6.47. The molecule has 0 saturated heterocycles. The summed E-state index contributed by atoms with van der Waals surface area (Å²) in [5, 5.41) is 9.45. The first kappa shape index (κ1) is 14.3. The summed E-state index contributed by atoms with van der Waals surface area (Å²) >= 11 is 0. The predicted molar refractivity (Wildman–Crippen MR) is 74.8 cm³/mol. The molecule has 1 unspecified atom stereocenters. The molecule has 20 heavy (non-hydrogen) atoms. The molecule has 0 spiro atoms. The number of pyridine rings is 1. The molecule has 1 aromatic heterocycles. The highest BCUT2D eigenvalue weighted by atomic mass is 16.4. The van der Waals surface area contributed by atoms with Crippen LogP contribution in [0, 0.1) is 0 Å². The maximum atomic E-state index is 12.5. The molecule has 1 aliphatic rings. The van der Waals surface area contributed by atoms with Gasteiger partial charge in [-0.2, -0.15) is 0 Å². The summed E-state index contributed by atoms with van der Waals surface area (Å²) in [4.78, 5) is 31.0. The second-order valence-corrected chi connectivity index (χ2v) is 5.91. The molecule has 1 N–H and O–H groups in total. The van der Waals surface area contributed by atoms with Crippen LogP contribution in [-0.4, -0.2) is 45.6 Å². The van der Waals surface area contributed by atoms with Crippen LogP contribution in [0.1, 0.15) is 26.5 Å². The minimum absolute atomic E-state index is 0.220. The number of hydrogen-bond donors (Lipinski definition) is 1. The summed E-state index contributed by atoms with van der Waals surface area (Å²) in [6, 6.07) is 2.85. The summed E-state index contributed by atoms with van der Waals surface area (Å²) in [6.07, 6.45) is 0.869. The van der Waals surface area contributed by atoms with E-state index in [1.165, 1.54) is 9.80 Å². The lowest BCUT2D eigenvalue weighted by atomic mass is 9.96.